The monoisotopic (exact) mass is 282 g/mol. The quantitative estimate of drug-likeness (QED) is 0.833. The number of nitrogens with one attached hydrogen (secondary N) is 1. The number of hydrogen-bond acceptors (Lipinski definition) is 4. The highest BCUT2D eigenvalue weighted by Crippen LogP contribution is 2.06. The Balaban J connectivity index is 2.28. The average Bonchev–Trinajstić information content (AvgIpc) is 2.79. The normalized spacial score (nSPS) is 12.5. The zero-order valence-electron chi connectivity index (χ0n) is 13.1. The molecule has 6 nitrogen and oxygen atoms in total. The van der Waals surface area contributed by atoms with E-state index >= 15 is 0 Å². The van der Waals surface area contributed by atoms with Gasteiger partial charge < -0.3 is 14.7 Å². The standard InChI is InChI=1S/C14H26N4O2/c1-10(2)6-7-11(3)15-14(19)18(5)9-8-13-16-12(4)20-17-13/h10-11H,6-9H2,1-5H3,(H,15,19)/t11-/m1/s1. The van der Waals surface area contributed by atoms with E-state index in [0.29, 0.717) is 30.6 Å². The van der Waals surface area contributed by atoms with Gasteiger partial charge in [-0.15, -0.1) is 0 Å². The third-order valence-corrected chi connectivity index (χ3v) is 3.13. The van der Waals surface area contributed by atoms with E-state index in [4.69, 9.17) is 4.52 Å². The van der Waals surface area contributed by atoms with Gasteiger partial charge in [-0.1, -0.05) is 19.0 Å². The smallest absolute Gasteiger partial charge is 0.317 e. The Labute approximate surface area is 120 Å². The number of aryl methyl sites for hydroxylation is 1. The summed E-state index contributed by atoms with van der Waals surface area (Å²) in [7, 11) is 1.78. The molecule has 0 saturated heterocycles. The van der Waals surface area contributed by atoms with Crippen LogP contribution in [0.2, 0.25) is 0 Å². The summed E-state index contributed by atoms with van der Waals surface area (Å²) in [4.78, 5) is 17.7. The van der Waals surface area contributed by atoms with E-state index in [9.17, 15) is 4.79 Å². The predicted molar refractivity (Wildman–Crippen MR) is 77.4 cm³/mol. The van der Waals surface area contributed by atoms with Gasteiger partial charge in [-0.05, 0) is 25.7 Å². The van der Waals surface area contributed by atoms with Gasteiger partial charge in [0.05, 0.1) is 0 Å². The van der Waals surface area contributed by atoms with Crippen molar-refractivity contribution in [2.45, 2.75) is 53.0 Å². The molecule has 20 heavy (non-hydrogen) atoms. The number of carbonyl (C=O) groups excluding carboxylic acids is 1. The highest BCUT2D eigenvalue weighted by atomic mass is 16.5. The summed E-state index contributed by atoms with van der Waals surface area (Å²) in [5, 5.41) is 6.81. The molecule has 0 aliphatic rings. The van der Waals surface area contributed by atoms with Gasteiger partial charge in [0.1, 0.15) is 0 Å². The van der Waals surface area contributed by atoms with Gasteiger partial charge in [-0.2, -0.15) is 4.98 Å². The highest BCUT2D eigenvalue weighted by Gasteiger charge is 2.13. The molecular formula is C14H26N4O2. The van der Waals surface area contributed by atoms with Crippen LogP contribution in [0, 0.1) is 12.8 Å². The van der Waals surface area contributed by atoms with Crippen LogP contribution in [0.1, 0.15) is 45.3 Å². The molecule has 0 bridgehead atoms. The van der Waals surface area contributed by atoms with Gasteiger partial charge in [0, 0.05) is 33.0 Å². The van der Waals surface area contributed by atoms with Gasteiger partial charge >= 0.3 is 6.03 Å². The molecule has 2 amide bonds. The second-order valence-corrected chi connectivity index (χ2v) is 5.72. The zero-order valence-corrected chi connectivity index (χ0v) is 13.1. The molecule has 0 aliphatic heterocycles. The number of amides is 2. The zero-order chi connectivity index (χ0) is 15.1. The summed E-state index contributed by atoms with van der Waals surface area (Å²) >= 11 is 0. The van der Waals surface area contributed by atoms with Gasteiger partial charge in [0.25, 0.3) is 0 Å². The average molecular weight is 282 g/mol. The van der Waals surface area contributed by atoms with E-state index in [1.807, 2.05) is 6.92 Å². The van der Waals surface area contributed by atoms with Gasteiger partial charge in [0.2, 0.25) is 5.89 Å². The van der Waals surface area contributed by atoms with Crippen LogP contribution in [-0.2, 0) is 6.42 Å². The van der Waals surface area contributed by atoms with E-state index in [1.165, 1.54) is 0 Å². The molecule has 1 atom stereocenters. The lowest BCUT2D eigenvalue weighted by Gasteiger charge is -2.21. The maximum absolute atomic E-state index is 12.0. The Morgan fingerprint density at radius 1 is 1.35 bits per heavy atom. The second-order valence-electron chi connectivity index (χ2n) is 5.72. The minimum atomic E-state index is -0.0542. The van der Waals surface area contributed by atoms with Crippen LogP contribution >= 0.6 is 0 Å². The SMILES string of the molecule is Cc1nc(CCN(C)C(=O)N[C@H](C)CCC(C)C)no1. The number of urea groups is 1. The molecule has 1 heterocycles. The predicted octanol–water partition coefficient (Wildman–Crippen LogP) is 2.39. The number of nitrogens with zero attached hydrogens (tertiary/aromatic N) is 3. The highest BCUT2D eigenvalue weighted by molar-refractivity contribution is 5.74. The Morgan fingerprint density at radius 3 is 2.60 bits per heavy atom. The molecule has 0 radical (unpaired) electrons. The van der Waals surface area contributed by atoms with E-state index in [2.05, 4.69) is 29.3 Å². The molecule has 1 aromatic rings. The molecule has 6 heteroatoms. The minimum absolute atomic E-state index is 0.0542. The van der Waals surface area contributed by atoms with Crippen LogP contribution in [-0.4, -0.2) is 40.7 Å². The van der Waals surface area contributed by atoms with Crippen LogP contribution < -0.4 is 5.32 Å². The minimum Gasteiger partial charge on any atom is -0.340 e. The molecule has 0 spiro atoms. The van der Waals surface area contributed by atoms with Crippen molar-refractivity contribution in [2.75, 3.05) is 13.6 Å². The molecular weight excluding hydrogens is 256 g/mol. The van der Waals surface area contributed by atoms with Gasteiger partial charge in [0.15, 0.2) is 5.82 Å². The first-order valence-corrected chi connectivity index (χ1v) is 7.19. The number of carbonyl (C=O) groups is 1. The Kier molecular flexibility index (Phi) is 6.48. The first kappa shape index (κ1) is 16.5. The summed E-state index contributed by atoms with van der Waals surface area (Å²) in [5.74, 6) is 1.85. The molecule has 1 N–H and O–H groups in total. The van der Waals surface area contributed by atoms with Gasteiger partial charge in [-0.3, -0.25) is 0 Å². The third-order valence-electron chi connectivity index (χ3n) is 3.13. The van der Waals surface area contributed by atoms with Crippen LogP contribution in [0.3, 0.4) is 0 Å². The number of aromatic nitrogens is 2. The Bertz CT molecular complexity index is 417. The number of rotatable bonds is 7. The second kappa shape index (κ2) is 7.87. The van der Waals surface area contributed by atoms with E-state index in [-0.39, 0.29) is 12.1 Å². The Morgan fingerprint density at radius 2 is 2.05 bits per heavy atom. The van der Waals surface area contributed by atoms with Crippen molar-refractivity contribution in [1.82, 2.24) is 20.4 Å². The maximum Gasteiger partial charge on any atom is 0.317 e. The van der Waals surface area contributed by atoms with Crippen molar-refractivity contribution in [3.05, 3.63) is 11.7 Å². The fourth-order valence-corrected chi connectivity index (χ4v) is 1.79. The lowest BCUT2D eigenvalue weighted by Crippen LogP contribution is -2.42. The number of likely N-dealkylation sites (N-methyl/N-ethyl adjacent to an activating group) is 1. The van der Waals surface area contributed by atoms with Crippen molar-refractivity contribution < 1.29 is 9.32 Å². The molecule has 0 aliphatic carbocycles. The van der Waals surface area contributed by atoms with E-state index in [0.717, 1.165) is 12.8 Å². The maximum atomic E-state index is 12.0. The van der Waals surface area contributed by atoms with Crippen LogP contribution in [0.15, 0.2) is 4.52 Å². The molecule has 1 aromatic heterocycles. The van der Waals surface area contributed by atoms with E-state index in [1.54, 1.807) is 18.9 Å². The fraction of sp³-hybridized carbons (Fsp3) is 0.786. The third kappa shape index (κ3) is 6.04. The van der Waals surface area contributed by atoms with Crippen molar-refractivity contribution in [1.29, 1.82) is 0 Å². The molecule has 0 fully saturated rings. The topological polar surface area (TPSA) is 71.3 Å². The summed E-state index contributed by atoms with van der Waals surface area (Å²) in [6.07, 6.45) is 2.72. The summed E-state index contributed by atoms with van der Waals surface area (Å²) in [6, 6.07) is 0.140. The summed E-state index contributed by atoms with van der Waals surface area (Å²) in [5.41, 5.74) is 0. The molecule has 1 rings (SSSR count). The summed E-state index contributed by atoms with van der Waals surface area (Å²) < 4.78 is 4.90. The van der Waals surface area contributed by atoms with E-state index < -0.39 is 0 Å². The number of hydrogen-bond donors (Lipinski definition) is 1. The van der Waals surface area contributed by atoms with Crippen molar-refractivity contribution in [3.8, 4) is 0 Å². The molecule has 0 saturated carbocycles. The van der Waals surface area contributed by atoms with Crippen LogP contribution in [0.4, 0.5) is 4.79 Å². The molecule has 0 aromatic carbocycles. The lowest BCUT2D eigenvalue weighted by molar-refractivity contribution is 0.204. The first-order valence-electron chi connectivity index (χ1n) is 7.19. The molecule has 0 unspecified atom stereocenters. The van der Waals surface area contributed by atoms with Crippen molar-refractivity contribution in [3.63, 3.8) is 0 Å². The van der Waals surface area contributed by atoms with Gasteiger partial charge in [-0.25, -0.2) is 4.79 Å². The largest absolute Gasteiger partial charge is 0.340 e. The first-order chi connectivity index (χ1) is 9.38. The van der Waals surface area contributed by atoms with Crippen LogP contribution in [0.5, 0.6) is 0 Å². The summed E-state index contributed by atoms with van der Waals surface area (Å²) in [6.45, 7) is 8.74. The fourth-order valence-electron chi connectivity index (χ4n) is 1.79. The van der Waals surface area contributed by atoms with Crippen molar-refractivity contribution in [2.24, 2.45) is 5.92 Å². The molecule has 114 valence electrons. The Hall–Kier alpha value is -1.59. The van der Waals surface area contributed by atoms with Crippen LogP contribution in [0.25, 0.3) is 0 Å². The lowest BCUT2D eigenvalue weighted by atomic mass is 10.0. The van der Waals surface area contributed by atoms with Crippen molar-refractivity contribution >= 4 is 6.03 Å².